The van der Waals surface area contributed by atoms with Crippen LogP contribution in [0.15, 0.2) is 54.6 Å². The second-order valence-electron chi connectivity index (χ2n) is 7.57. The largest absolute Gasteiger partial charge is 0.355 e. The van der Waals surface area contributed by atoms with Crippen LogP contribution >= 0.6 is 0 Å². The van der Waals surface area contributed by atoms with Gasteiger partial charge in [-0.05, 0) is 43.0 Å². The van der Waals surface area contributed by atoms with E-state index in [0.29, 0.717) is 30.9 Å². The topological polar surface area (TPSA) is 95.6 Å². The first-order valence-corrected chi connectivity index (χ1v) is 11.9. The van der Waals surface area contributed by atoms with Crippen molar-refractivity contribution in [1.29, 1.82) is 0 Å². The molecule has 2 amide bonds. The summed E-state index contributed by atoms with van der Waals surface area (Å²) >= 11 is 0. The molecule has 0 aromatic heterocycles. The summed E-state index contributed by atoms with van der Waals surface area (Å²) in [5, 5.41) is 2.98. The molecule has 8 heteroatoms. The fourth-order valence-electron chi connectivity index (χ4n) is 3.61. The number of carbonyl (C=O) groups excluding carboxylic acids is 2. The van der Waals surface area contributed by atoms with Gasteiger partial charge in [-0.2, -0.15) is 0 Å². The van der Waals surface area contributed by atoms with Gasteiger partial charge in [0.2, 0.25) is 15.9 Å². The molecule has 1 saturated heterocycles. The Morgan fingerprint density at radius 2 is 1.87 bits per heavy atom. The van der Waals surface area contributed by atoms with Gasteiger partial charge in [-0.15, -0.1) is 0 Å². The molecule has 160 valence electrons. The molecule has 3 rings (SSSR count). The van der Waals surface area contributed by atoms with Crippen LogP contribution in [0.25, 0.3) is 0 Å². The number of rotatable bonds is 7. The van der Waals surface area contributed by atoms with Gasteiger partial charge in [-0.3, -0.25) is 14.3 Å². The first-order valence-electron chi connectivity index (χ1n) is 10.0. The fourth-order valence-corrected chi connectivity index (χ4v) is 4.16. The van der Waals surface area contributed by atoms with E-state index >= 15 is 0 Å². The fraction of sp³-hybridized carbons (Fsp3) is 0.364. The molecule has 0 radical (unpaired) electrons. The van der Waals surface area contributed by atoms with Gasteiger partial charge in [0.05, 0.1) is 12.2 Å². The van der Waals surface area contributed by atoms with Gasteiger partial charge in [0.25, 0.3) is 5.91 Å². The van der Waals surface area contributed by atoms with Crippen LogP contribution in [0, 0.1) is 5.92 Å². The van der Waals surface area contributed by atoms with Crippen LogP contribution in [-0.4, -0.2) is 51.0 Å². The van der Waals surface area contributed by atoms with Crippen LogP contribution < -0.4 is 10.0 Å². The molecule has 1 aliphatic heterocycles. The van der Waals surface area contributed by atoms with Gasteiger partial charge in [-0.1, -0.05) is 36.4 Å². The first kappa shape index (κ1) is 21.8. The maximum atomic E-state index is 12.9. The predicted molar refractivity (Wildman–Crippen MR) is 117 cm³/mol. The van der Waals surface area contributed by atoms with E-state index in [1.807, 2.05) is 30.3 Å². The molecule has 2 N–H and O–H groups in total. The van der Waals surface area contributed by atoms with Crippen molar-refractivity contribution in [3.05, 3.63) is 65.7 Å². The van der Waals surface area contributed by atoms with Crippen LogP contribution in [0.1, 0.15) is 28.8 Å². The quantitative estimate of drug-likeness (QED) is 0.706. The van der Waals surface area contributed by atoms with Crippen LogP contribution in [0.5, 0.6) is 0 Å². The highest BCUT2D eigenvalue weighted by Crippen LogP contribution is 2.20. The lowest BCUT2D eigenvalue weighted by Crippen LogP contribution is -2.45. The first-order chi connectivity index (χ1) is 14.3. The molecule has 1 fully saturated rings. The number of piperidine rings is 1. The Bertz CT molecular complexity index is 992. The minimum atomic E-state index is -3.42. The molecule has 1 aliphatic rings. The van der Waals surface area contributed by atoms with Crippen molar-refractivity contribution in [3.63, 3.8) is 0 Å². The van der Waals surface area contributed by atoms with E-state index in [2.05, 4.69) is 10.0 Å². The number of sulfonamides is 1. The molecule has 7 nitrogen and oxygen atoms in total. The van der Waals surface area contributed by atoms with Gasteiger partial charge in [0.1, 0.15) is 0 Å². The molecule has 0 spiro atoms. The number of nitrogens with one attached hydrogen (secondary N) is 2. The van der Waals surface area contributed by atoms with Gasteiger partial charge < -0.3 is 10.2 Å². The maximum Gasteiger partial charge on any atom is 0.253 e. The van der Waals surface area contributed by atoms with Gasteiger partial charge >= 0.3 is 0 Å². The lowest BCUT2D eigenvalue weighted by molar-refractivity contribution is -0.126. The molecule has 1 atom stereocenters. The lowest BCUT2D eigenvalue weighted by atomic mass is 9.96. The molecule has 0 aliphatic carbocycles. The third-order valence-electron chi connectivity index (χ3n) is 5.05. The van der Waals surface area contributed by atoms with Crippen molar-refractivity contribution >= 4 is 27.5 Å². The Morgan fingerprint density at radius 3 is 2.60 bits per heavy atom. The van der Waals surface area contributed by atoms with E-state index in [0.717, 1.165) is 25.5 Å². The second-order valence-corrected chi connectivity index (χ2v) is 9.32. The number of carbonyl (C=O) groups is 2. The molecule has 2 aromatic carbocycles. The third kappa shape index (κ3) is 6.32. The summed E-state index contributed by atoms with van der Waals surface area (Å²) in [6, 6.07) is 16.4. The summed E-state index contributed by atoms with van der Waals surface area (Å²) in [6.07, 6.45) is 3.33. The zero-order valence-corrected chi connectivity index (χ0v) is 17.8. The van der Waals surface area contributed by atoms with E-state index < -0.39 is 10.0 Å². The third-order valence-corrected chi connectivity index (χ3v) is 5.65. The number of hydrogen-bond donors (Lipinski definition) is 2. The second kappa shape index (κ2) is 9.75. The van der Waals surface area contributed by atoms with E-state index in [4.69, 9.17) is 0 Å². The number of benzene rings is 2. The van der Waals surface area contributed by atoms with Gasteiger partial charge in [0, 0.05) is 30.9 Å². The SMILES string of the molecule is CS(=O)(=O)Nc1cccc(C(=O)N2CCCC(C(=O)NCCc3ccccc3)C2)c1. The van der Waals surface area contributed by atoms with E-state index in [-0.39, 0.29) is 17.7 Å². The van der Waals surface area contributed by atoms with Crippen molar-refractivity contribution in [3.8, 4) is 0 Å². The summed E-state index contributed by atoms with van der Waals surface area (Å²) in [6.45, 7) is 1.50. The normalized spacial score (nSPS) is 16.7. The average molecular weight is 430 g/mol. The summed E-state index contributed by atoms with van der Waals surface area (Å²) < 4.78 is 25.2. The minimum Gasteiger partial charge on any atom is -0.355 e. The van der Waals surface area contributed by atoms with Crippen molar-refractivity contribution in [2.45, 2.75) is 19.3 Å². The molecule has 30 heavy (non-hydrogen) atoms. The van der Waals surface area contributed by atoms with E-state index in [9.17, 15) is 18.0 Å². The average Bonchev–Trinajstić information content (AvgIpc) is 2.73. The van der Waals surface area contributed by atoms with Crippen LogP contribution in [0.3, 0.4) is 0 Å². The molecular formula is C22H27N3O4S. The van der Waals surface area contributed by atoms with Gasteiger partial charge in [-0.25, -0.2) is 8.42 Å². The molecule has 0 saturated carbocycles. The summed E-state index contributed by atoms with van der Waals surface area (Å²) in [5.74, 6) is -0.472. The molecule has 1 heterocycles. The van der Waals surface area contributed by atoms with E-state index in [1.54, 1.807) is 23.1 Å². The highest BCUT2D eigenvalue weighted by Gasteiger charge is 2.28. The Labute approximate surface area is 177 Å². The maximum absolute atomic E-state index is 12.9. The van der Waals surface area contributed by atoms with Crippen molar-refractivity contribution < 1.29 is 18.0 Å². The lowest BCUT2D eigenvalue weighted by Gasteiger charge is -2.32. The smallest absolute Gasteiger partial charge is 0.253 e. The molecule has 2 aromatic rings. The summed E-state index contributed by atoms with van der Waals surface area (Å²) in [4.78, 5) is 27.2. The molecular weight excluding hydrogens is 402 g/mol. The number of likely N-dealkylation sites (tertiary alicyclic amines) is 1. The zero-order valence-electron chi connectivity index (χ0n) is 17.0. The van der Waals surface area contributed by atoms with Crippen molar-refractivity contribution in [2.75, 3.05) is 30.6 Å². The van der Waals surface area contributed by atoms with Gasteiger partial charge in [0.15, 0.2) is 0 Å². The monoisotopic (exact) mass is 429 g/mol. The minimum absolute atomic E-state index is 0.0316. The van der Waals surface area contributed by atoms with Crippen LogP contribution in [-0.2, 0) is 21.2 Å². The highest BCUT2D eigenvalue weighted by atomic mass is 32.2. The summed E-state index contributed by atoms with van der Waals surface area (Å²) in [7, 11) is -3.42. The Morgan fingerprint density at radius 1 is 1.10 bits per heavy atom. The standard InChI is InChI=1S/C22H27N3O4S/c1-30(28,29)24-20-11-5-9-18(15-20)22(27)25-14-6-10-19(16-25)21(26)23-13-12-17-7-3-2-4-8-17/h2-5,7-9,11,15,19,24H,6,10,12-14,16H2,1H3,(H,23,26). The Hall–Kier alpha value is -2.87. The van der Waals surface area contributed by atoms with Crippen molar-refractivity contribution in [2.24, 2.45) is 5.92 Å². The van der Waals surface area contributed by atoms with Crippen LogP contribution in [0.4, 0.5) is 5.69 Å². The Balaban J connectivity index is 1.56. The number of nitrogens with zero attached hydrogens (tertiary/aromatic N) is 1. The Kier molecular flexibility index (Phi) is 7.10. The van der Waals surface area contributed by atoms with Crippen molar-refractivity contribution in [1.82, 2.24) is 10.2 Å². The van der Waals surface area contributed by atoms with Crippen LogP contribution in [0.2, 0.25) is 0 Å². The van der Waals surface area contributed by atoms with E-state index in [1.165, 1.54) is 11.6 Å². The predicted octanol–water partition coefficient (Wildman–Crippen LogP) is 2.27. The highest BCUT2D eigenvalue weighted by molar-refractivity contribution is 7.92. The summed E-state index contributed by atoms with van der Waals surface area (Å²) in [5.41, 5.74) is 1.91. The zero-order chi connectivity index (χ0) is 21.6. The number of hydrogen-bond acceptors (Lipinski definition) is 4. The number of anilines is 1. The molecule has 1 unspecified atom stereocenters. The number of amides is 2. The molecule has 0 bridgehead atoms.